The summed E-state index contributed by atoms with van der Waals surface area (Å²) in [6, 6.07) is 3.03. The maximum absolute atomic E-state index is 13.3. The van der Waals surface area contributed by atoms with Crippen molar-refractivity contribution < 1.29 is 17.2 Å². The lowest BCUT2D eigenvalue weighted by Gasteiger charge is -2.08. The third kappa shape index (κ3) is 4.40. The summed E-state index contributed by atoms with van der Waals surface area (Å²) in [7, 11) is -3.53. The van der Waals surface area contributed by atoms with Crippen LogP contribution >= 0.6 is 0 Å². The lowest BCUT2D eigenvalue weighted by atomic mass is 10.2. The van der Waals surface area contributed by atoms with Gasteiger partial charge in [-0.2, -0.15) is 0 Å². The van der Waals surface area contributed by atoms with Crippen molar-refractivity contribution in [2.75, 3.05) is 5.75 Å². The van der Waals surface area contributed by atoms with Crippen molar-refractivity contribution in [3.05, 3.63) is 35.4 Å². The first-order valence-electron chi connectivity index (χ1n) is 5.21. The van der Waals surface area contributed by atoms with Crippen LogP contribution in [0.5, 0.6) is 0 Å². The molecule has 0 amide bonds. The van der Waals surface area contributed by atoms with Gasteiger partial charge in [0.05, 0.1) is 11.5 Å². The van der Waals surface area contributed by atoms with E-state index < -0.39 is 32.8 Å². The van der Waals surface area contributed by atoms with Crippen molar-refractivity contribution >= 4 is 9.84 Å². The molecular formula is C11H15F2NO2S. The zero-order chi connectivity index (χ0) is 13.1. The Balaban J connectivity index is 2.83. The van der Waals surface area contributed by atoms with E-state index in [0.29, 0.717) is 0 Å². The van der Waals surface area contributed by atoms with Gasteiger partial charge in [0.2, 0.25) is 0 Å². The van der Waals surface area contributed by atoms with E-state index in [9.17, 15) is 17.2 Å². The Hall–Kier alpha value is -1.01. The van der Waals surface area contributed by atoms with Gasteiger partial charge in [-0.3, -0.25) is 0 Å². The minimum Gasteiger partial charge on any atom is -0.328 e. The van der Waals surface area contributed by atoms with E-state index in [0.717, 1.165) is 12.1 Å². The van der Waals surface area contributed by atoms with Crippen molar-refractivity contribution in [3.63, 3.8) is 0 Å². The number of sulfone groups is 1. The summed E-state index contributed by atoms with van der Waals surface area (Å²) in [5, 5.41) is 0. The van der Waals surface area contributed by atoms with Crippen LogP contribution in [-0.4, -0.2) is 20.2 Å². The van der Waals surface area contributed by atoms with Gasteiger partial charge in [0.25, 0.3) is 0 Å². The van der Waals surface area contributed by atoms with Crippen LogP contribution in [0.25, 0.3) is 0 Å². The molecule has 6 heteroatoms. The van der Waals surface area contributed by atoms with Crippen LogP contribution in [0.4, 0.5) is 8.78 Å². The summed E-state index contributed by atoms with van der Waals surface area (Å²) in [6.45, 7) is 1.68. The molecule has 0 aliphatic heterocycles. The van der Waals surface area contributed by atoms with Crippen LogP contribution in [0.2, 0.25) is 0 Å². The first-order valence-corrected chi connectivity index (χ1v) is 7.03. The molecule has 0 aliphatic rings. The molecule has 0 bridgehead atoms. The molecule has 1 atom stereocenters. The Morgan fingerprint density at radius 2 is 1.82 bits per heavy atom. The lowest BCUT2D eigenvalue weighted by Crippen LogP contribution is -2.21. The molecule has 0 saturated heterocycles. The molecule has 0 fully saturated rings. The minimum absolute atomic E-state index is 0.168. The van der Waals surface area contributed by atoms with E-state index in [1.807, 2.05) is 0 Å². The number of nitrogens with two attached hydrogens (primary N) is 1. The number of hydrogen-bond donors (Lipinski definition) is 1. The summed E-state index contributed by atoms with van der Waals surface area (Å²) in [6.07, 6.45) is 0.276. The van der Waals surface area contributed by atoms with Gasteiger partial charge in [-0.15, -0.1) is 0 Å². The highest BCUT2D eigenvalue weighted by molar-refractivity contribution is 7.90. The predicted octanol–water partition coefficient (Wildman–Crippen LogP) is 1.62. The number of halogens is 2. The van der Waals surface area contributed by atoms with Gasteiger partial charge in [0, 0.05) is 11.6 Å². The summed E-state index contributed by atoms with van der Waals surface area (Å²) in [5.41, 5.74) is 5.03. The molecule has 1 rings (SSSR count). The summed E-state index contributed by atoms with van der Waals surface area (Å²) >= 11 is 0. The van der Waals surface area contributed by atoms with Crippen LogP contribution in [-0.2, 0) is 15.6 Å². The highest BCUT2D eigenvalue weighted by atomic mass is 32.2. The molecule has 0 saturated carbocycles. The molecule has 0 heterocycles. The largest absolute Gasteiger partial charge is 0.328 e. The number of benzene rings is 1. The average molecular weight is 263 g/mol. The van der Waals surface area contributed by atoms with Crippen LogP contribution in [0.15, 0.2) is 18.2 Å². The first-order chi connectivity index (χ1) is 7.82. The van der Waals surface area contributed by atoms with E-state index in [-0.39, 0.29) is 18.2 Å². The lowest BCUT2D eigenvalue weighted by molar-refractivity contribution is 0.554. The SMILES string of the molecule is CC(N)CCS(=O)(=O)Cc1c(F)cccc1F. The van der Waals surface area contributed by atoms with Gasteiger partial charge >= 0.3 is 0 Å². The molecule has 0 radical (unpaired) electrons. The van der Waals surface area contributed by atoms with Crippen molar-refractivity contribution in [2.45, 2.75) is 25.1 Å². The topological polar surface area (TPSA) is 60.2 Å². The maximum Gasteiger partial charge on any atom is 0.154 e. The Labute approximate surface area is 99.6 Å². The molecule has 1 unspecified atom stereocenters. The van der Waals surface area contributed by atoms with Gasteiger partial charge in [0.1, 0.15) is 11.6 Å². The van der Waals surface area contributed by atoms with Crippen molar-refractivity contribution in [2.24, 2.45) is 5.73 Å². The van der Waals surface area contributed by atoms with Crippen molar-refractivity contribution in [3.8, 4) is 0 Å². The molecule has 3 nitrogen and oxygen atoms in total. The number of rotatable bonds is 5. The van der Waals surface area contributed by atoms with Crippen molar-refractivity contribution in [1.82, 2.24) is 0 Å². The average Bonchev–Trinajstić information content (AvgIpc) is 2.21. The zero-order valence-electron chi connectivity index (χ0n) is 9.49. The van der Waals surface area contributed by atoms with Crippen LogP contribution in [0, 0.1) is 11.6 Å². The molecule has 17 heavy (non-hydrogen) atoms. The van der Waals surface area contributed by atoms with Gasteiger partial charge in [0.15, 0.2) is 9.84 Å². The van der Waals surface area contributed by atoms with Crippen LogP contribution in [0.1, 0.15) is 18.9 Å². The molecule has 1 aromatic carbocycles. The fraction of sp³-hybridized carbons (Fsp3) is 0.455. The Kier molecular flexibility index (Phi) is 4.59. The second kappa shape index (κ2) is 5.55. The van der Waals surface area contributed by atoms with Gasteiger partial charge in [-0.05, 0) is 25.5 Å². The van der Waals surface area contributed by atoms with E-state index in [2.05, 4.69) is 0 Å². The molecule has 96 valence electrons. The fourth-order valence-electron chi connectivity index (χ4n) is 1.33. The Morgan fingerprint density at radius 1 is 1.29 bits per heavy atom. The fourth-order valence-corrected chi connectivity index (χ4v) is 2.92. The van der Waals surface area contributed by atoms with Crippen LogP contribution in [0.3, 0.4) is 0 Å². The normalized spacial score (nSPS) is 13.6. The third-order valence-electron chi connectivity index (χ3n) is 2.31. The highest BCUT2D eigenvalue weighted by Gasteiger charge is 2.18. The monoisotopic (exact) mass is 263 g/mol. The summed E-state index contributed by atoms with van der Waals surface area (Å²) in [4.78, 5) is 0. The van der Waals surface area contributed by atoms with Gasteiger partial charge in [-0.25, -0.2) is 17.2 Å². The quantitative estimate of drug-likeness (QED) is 0.878. The van der Waals surface area contributed by atoms with E-state index in [1.54, 1.807) is 6.92 Å². The Bertz CT molecular complexity index is 466. The standard InChI is InChI=1S/C11H15F2NO2S/c1-8(14)5-6-17(15,16)7-9-10(12)3-2-4-11(9)13/h2-4,8H,5-7,14H2,1H3. The smallest absolute Gasteiger partial charge is 0.154 e. The van der Waals surface area contributed by atoms with Gasteiger partial charge < -0.3 is 5.73 Å². The summed E-state index contributed by atoms with van der Waals surface area (Å²) in [5.74, 6) is -2.47. The second-order valence-corrected chi connectivity index (χ2v) is 6.24. The minimum atomic E-state index is -3.53. The van der Waals surface area contributed by atoms with Crippen molar-refractivity contribution in [1.29, 1.82) is 0 Å². The zero-order valence-corrected chi connectivity index (χ0v) is 10.3. The van der Waals surface area contributed by atoms with E-state index in [4.69, 9.17) is 5.73 Å². The molecule has 0 spiro atoms. The molecule has 0 aromatic heterocycles. The Morgan fingerprint density at radius 3 is 2.29 bits per heavy atom. The summed E-state index contributed by atoms with van der Waals surface area (Å²) < 4.78 is 49.7. The molecule has 1 aromatic rings. The predicted molar refractivity (Wildman–Crippen MR) is 62.1 cm³/mol. The van der Waals surface area contributed by atoms with Gasteiger partial charge in [-0.1, -0.05) is 6.07 Å². The first kappa shape index (κ1) is 14.1. The molecule has 0 aliphatic carbocycles. The van der Waals surface area contributed by atoms with Crippen LogP contribution < -0.4 is 5.73 Å². The van der Waals surface area contributed by atoms with E-state index in [1.165, 1.54) is 6.07 Å². The number of hydrogen-bond acceptors (Lipinski definition) is 3. The molecule has 2 N–H and O–H groups in total. The van der Waals surface area contributed by atoms with E-state index >= 15 is 0 Å². The molecular weight excluding hydrogens is 248 g/mol. The maximum atomic E-state index is 13.3. The third-order valence-corrected chi connectivity index (χ3v) is 3.90. The second-order valence-electron chi connectivity index (χ2n) is 4.06. The highest BCUT2D eigenvalue weighted by Crippen LogP contribution is 2.16.